The van der Waals surface area contributed by atoms with Gasteiger partial charge in [0.1, 0.15) is 5.82 Å². The summed E-state index contributed by atoms with van der Waals surface area (Å²) in [5, 5.41) is 0. The second-order valence-corrected chi connectivity index (χ2v) is 3.44. The maximum atomic E-state index is 5.54. The van der Waals surface area contributed by atoms with Gasteiger partial charge in [0.2, 0.25) is 0 Å². The van der Waals surface area contributed by atoms with E-state index in [1.807, 2.05) is 16.8 Å². The Hall–Kier alpha value is -1.88. The molecule has 2 N–H and O–H groups in total. The van der Waals surface area contributed by atoms with Crippen LogP contribution in [0, 0.1) is 0 Å². The minimum atomic E-state index is 0.520. The number of imidazole rings is 1. The molecule has 0 aliphatic rings. The summed E-state index contributed by atoms with van der Waals surface area (Å²) < 4.78 is 7.07. The van der Waals surface area contributed by atoms with Gasteiger partial charge in [0, 0.05) is 25.4 Å². The molecule has 0 spiro atoms. The number of hydrogen-bond donors (Lipinski definition) is 1. The summed E-state index contributed by atoms with van der Waals surface area (Å²) in [6.45, 7) is 1.43. The standard InChI is InChI=1S/C11H14N4O/c1-16-5-4-15-8-13-7-10(15)9-2-3-11(12)14-6-9/h2-3,6-8H,4-5H2,1H3,(H2,12,14). The van der Waals surface area contributed by atoms with Gasteiger partial charge in [0.05, 0.1) is 24.8 Å². The Bertz CT molecular complexity index is 449. The van der Waals surface area contributed by atoms with E-state index >= 15 is 0 Å². The van der Waals surface area contributed by atoms with Gasteiger partial charge in [0.25, 0.3) is 0 Å². The van der Waals surface area contributed by atoms with Crippen LogP contribution in [-0.4, -0.2) is 28.3 Å². The van der Waals surface area contributed by atoms with Crippen LogP contribution in [-0.2, 0) is 11.3 Å². The number of aromatic nitrogens is 3. The number of methoxy groups -OCH3 is 1. The van der Waals surface area contributed by atoms with Crippen LogP contribution in [0.15, 0.2) is 30.9 Å². The lowest BCUT2D eigenvalue weighted by Crippen LogP contribution is -2.04. The first kappa shape index (κ1) is 10.6. The van der Waals surface area contributed by atoms with Gasteiger partial charge in [-0.2, -0.15) is 0 Å². The molecule has 16 heavy (non-hydrogen) atoms. The first-order valence-corrected chi connectivity index (χ1v) is 5.02. The molecule has 0 radical (unpaired) electrons. The molecule has 0 atom stereocenters. The Kier molecular flexibility index (Phi) is 3.16. The van der Waals surface area contributed by atoms with E-state index < -0.39 is 0 Å². The highest BCUT2D eigenvalue weighted by Gasteiger charge is 2.04. The smallest absolute Gasteiger partial charge is 0.123 e. The van der Waals surface area contributed by atoms with Gasteiger partial charge in [-0.1, -0.05) is 0 Å². The van der Waals surface area contributed by atoms with E-state index in [4.69, 9.17) is 10.5 Å². The second-order valence-electron chi connectivity index (χ2n) is 3.44. The lowest BCUT2D eigenvalue weighted by molar-refractivity contribution is 0.187. The maximum Gasteiger partial charge on any atom is 0.123 e. The number of nitrogen functional groups attached to an aromatic ring is 1. The minimum Gasteiger partial charge on any atom is -0.384 e. The van der Waals surface area contributed by atoms with Crippen LogP contribution in [0.5, 0.6) is 0 Å². The normalized spacial score (nSPS) is 10.6. The van der Waals surface area contributed by atoms with Crippen molar-refractivity contribution < 1.29 is 4.74 Å². The van der Waals surface area contributed by atoms with Gasteiger partial charge in [-0.05, 0) is 12.1 Å². The van der Waals surface area contributed by atoms with E-state index in [-0.39, 0.29) is 0 Å². The van der Waals surface area contributed by atoms with Crippen LogP contribution in [0.1, 0.15) is 0 Å². The third-order valence-corrected chi connectivity index (χ3v) is 2.33. The molecule has 0 fully saturated rings. The number of pyridine rings is 1. The SMILES string of the molecule is COCCn1cncc1-c1ccc(N)nc1. The molecule has 2 rings (SSSR count). The van der Waals surface area contributed by atoms with E-state index in [0.29, 0.717) is 12.4 Å². The molecular weight excluding hydrogens is 204 g/mol. The molecular formula is C11H14N4O. The fourth-order valence-electron chi connectivity index (χ4n) is 1.49. The molecule has 0 saturated heterocycles. The molecule has 0 bridgehead atoms. The number of nitrogens with zero attached hydrogens (tertiary/aromatic N) is 3. The zero-order chi connectivity index (χ0) is 11.4. The lowest BCUT2D eigenvalue weighted by atomic mass is 10.2. The monoisotopic (exact) mass is 218 g/mol. The van der Waals surface area contributed by atoms with E-state index in [0.717, 1.165) is 17.8 Å². The van der Waals surface area contributed by atoms with Crippen LogP contribution < -0.4 is 5.73 Å². The molecule has 0 amide bonds. The predicted molar refractivity (Wildman–Crippen MR) is 61.7 cm³/mol. The van der Waals surface area contributed by atoms with Gasteiger partial charge in [0.15, 0.2) is 0 Å². The van der Waals surface area contributed by atoms with Gasteiger partial charge < -0.3 is 15.0 Å². The number of hydrogen-bond acceptors (Lipinski definition) is 4. The third-order valence-electron chi connectivity index (χ3n) is 2.33. The van der Waals surface area contributed by atoms with E-state index in [1.165, 1.54) is 0 Å². The average Bonchev–Trinajstić information content (AvgIpc) is 2.75. The fraction of sp³-hybridized carbons (Fsp3) is 0.273. The zero-order valence-corrected chi connectivity index (χ0v) is 9.13. The topological polar surface area (TPSA) is 66.0 Å². The highest BCUT2D eigenvalue weighted by molar-refractivity contribution is 5.59. The number of ether oxygens (including phenoxy) is 1. The summed E-state index contributed by atoms with van der Waals surface area (Å²) in [6.07, 6.45) is 5.34. The second kappa shape index (κ2) is 4.76. The molecule has 0 saturated carbocycles. The van der Waals surface area contributed by atoms with Crippen molar-refractivity contribution >= 4 is 5.82 Å². The van der Waals surface area contributed by atoms with Crippen molar-refractivity contribution in [1.82, 2.24) is 14.5 Å². The molecule has 84 valence electrons. The van der Waals surface area contributed by atoms with Crippen molar-refractivity contribution in [1.29, 1.82) is 0 Å². The van der Waals surface area contributed by atoms with Gasteiger partial charge >= 0.3 is 0 Å². The molecule has 5 nitrogen and oxygen atoms in total. The number of anilines is 1. The van der Waals surface area contributed by atoms with Crippen molar-refractivity contribution in [2.75, 3.05) is 19.5 Å². The Labute approximate surface area is 93.9 Å². The summed E-state index contributed by atoms with van der Waals surface area (Å²) in [5.74, 6) is 0.520. The first-order valence-electron chi connectivity index (χ1n) is 5.02. The average molecular weight is 218 g/mol. The van der Waals surface area contributed by atoms with Crippen molar-refractivity contribution in [3.63, 3.8) is 0 Å². The van der Waals surface area contributed by atoms with E-state index in [1.54, 1.807) is 25.7 Å². The van der Waals surface area contributed by atoms with Gasteiger partial charge in [-0.25, -0.2) is 9.97 Å². The van der Waals surface area contributed by atoms with Crippen molar-refractivity contribution in [3.05, 3.63) is 30.9 Å². The van der Waals surface area contributed by atoms with E-state index in [2.05, 4.69) is 9.97 Å². The Balaban J connectivity index is 2.26. The van der Waals surface area contributed by atoms with Crippen LogP contribution in [0.4, 0.5) is 5.82 Å². The Morgan fingerprint density at radius 3 is 2.94 bits per heavy atom. The molecule has 5 heteroatoms. The molecule has 2 aromatic rings. The lowest BCUT2D eigenvalue weighted by Gasteiger charge is -2.07. The van der Waals surface area contributed by atoms with Crippen LogP contribution >= 0.6 is 0 Å². The summed E-state index contributed by atoms with van der Waals surface area (Å²) in [7, 11) is 1.68. The van der Waals surface area contributed by atoms with E-state index in [9.17, 15) is 0 Å². The van der Waals surface area contributed by atoms with Crippen LogP contribution in [0.25, 0.3) is 11.3 Å². The number of rotatable bonds is 4. The highest BCUT2D eigenvalue weighted by Crippen LogP contribution is 2.18. The van der Waals surface area contributed by atoms with Crippen molar-refractivity contribution in [3.8, 4) is 11.3 Å². The largest absolute Gasteiger partial charge is 0.384 e. The summed E-state index contributed by atoms with van der Waals surface area (Å²) in [5.41, 5.74) is 7.57. The quantitative estimate of drug-likeness (QED) is 0.836. The Morgan fingerprint density at radius 1 is 1.38 bits per heavy atom. The van der Waals surface area contributed by atoms with Gasteiger partial charge in [-0.3, -0.25) is 0 Å². The first-order chi connectivity index (χ1) is 7.81. The number of nitrogens with two attached hydrogens (primary N) is 1. The molecule has 2 aromatic heterocycles. The highest BCUT2D eigenvalue weighted by atomic mass is 16.5. The third kappa shape index (κ3) is 2.20. The van der Waals surface area contributed by atoms with Crippen LogP contribution in [0.2, 0.25) is 0 Å². The van der Waals surface area contributed by atoms with Crippen LogP contribution in [0.3, 0.4) is 0 Å². The van der Waals surface area contributed by atoms with Gasteiger partial charge in [-0.15, -0.1) is 0 Å². The molecule has 2 heterocycles. The minimum absolute atomic E-state index is 0.520. The zero-order valence-electron chi connectivity index (χ0n) is 9.13. The molecule has 0 aromatic carbocycles. The molecule has 0 aliphatic heterocycles. The predicted octanol–water partition coefficient (Wildman–Crippen LogP) is 1.17. The fourth-order valence-corrected chi connectivity index (χ4v) is 1.49. The maximum absolute atomic E-state index is 5.54. The molecule has 0 aliphatic carbocycles. The summed E-state index contributed by atoms with van der Waals surface area (Å²) in [6, 6.07) is 3.71. The van der Waals surface area contributed by atoms with Crippen molar-refractivity contribution in [2.24, 2.45) is 0 Å². The summed E-state index contributed by atoms with van der Waals surface area (Å²) >= 11 is 0. The van der Waals surface area contributed by atoms with Crippen molar-refractivity contribution in [2.45, 2.75) is 6.54 Å². The molecule has 0 unspecified atom stereocenters. The summed E-state index contributed by atoms with van der Waals surface area (Å²) in [4.78, 5) is 8.18. The Morgan fingerprint density at radius 2 is 2.25 bits per heavy atom.